The summed E-state index contributed by atoms with van der Waals surface area (Å²) < 4.78 is 27.0. The van der Waals surface area contributed by atoms with Crippen LogP contribution < -0.4 is 4.72 Å². The van der Waals surface area contributed by atoms with E-state index in [0.717, 1.165) is 22.6 Å². The Morgan fingerprint density at radius 1 is 1.19 bits per heavy atom. The number of benzene rings is 1. The molecule has 2 heterocycles. The summed E-state index contributed by atoms with van der Waals surface area (Å²) in [7, 11) is -3.66. The van der Waals surface area contributed by atoms with Crippen molar-refractivity contribution < 1.29 is 8.42 Å². The van der Waals surface area contributed by atoms with Gasteiger partial charge in [-0.25, -0.2) is 13.4 Å². The Morgan fingerprint density at radius 2 is 1.95 bits per heavy atom. The maximum absolute atomic E-state index is 12.1. The maximum Gasteiger partial charge on any atom is 0.273 e. The molecule has 3 aromatic rings. The van der Waals surface area contributed by atoms with Crippen LogP contribution in [0.5, 0.6) is 0 Å². The van der Waals surface area contributed by atoms with Gasteiger partial charge in [0, 0.05) is 11.9 Å². The van der Waals surface area contributed by atoms with E-state index in [1.807, 2.05) is 6.07 Å². The third-order valence-corrected chi connectivity index (χ3v) is 5.63. The van der Waals surface area contributed by atoms with Crippen molar-refractivity contribution in [3.8, 4) is 11.3 Å². The number of halogens is 1. The van der Waals surface area contributed by atoms with Gasteiger partial charge in [-0.2, -0.15) is 5.10 Å². The van der Waals surface area contributed by atoms with E-state index in [-0.39, 0.29) is 8.68 Å². The van der Waals surface area contributed by atoms with Gasteiger partial charge in [0.1, 0.15) is 0 Å². The number of anilines is 1. The highest BCUT2D eigenvalue weighted by atomic mass is 35.5. The van der Waals surface area contributed by atoms with E-state index >= 15 is 0 Å². The standard InChI is InChI=1S/C12H9ClN4O2S2/c13-12-14-7-11(20-12)21(18,19)17-9-3-1-8(2-4-9)10-5-6-15-16-10/h1-7,17H,(H,15,16). The molecular formula is C12H9ClN4O2S2. The highest BCUT2D eigenvalue weighted by molar-refractivity contribution is 7.94. The third kappa shape index (κ3) is 3.07. The first kappa shape index (κ1) is 14.1. The fourth-order valence-corrected chi connectivity index (χ4v) is 4.05. The summed E-state index contributed by atoms with van der Waals surface area (Å²) in [6.45, 7) is 0. The van der Waals surface area contributed by atoms with Crippen LogP contribution in [0.2, 0.25) is 4.47 Å². The predicted molar refractivity (Wildman–Crippen MR) is 82.0 cm³/mol. The molecule has 2 N–H and O–H groups in total. The summed E-state index contributed by atoms with van der Waals surface area (Å²) in [5.74, 6) is 0. The van der Waals surface area contributed by atoms with Crippen molar-refractivity contribution in [3.05, 3.63) is 47.2 Å². The lowest BCUT2D eigenvalue weighted by molar-refractivity contribution is 0.603. The minimum absolute atomic E-state index is 0.0742. The van der Waals surface area contributed by atoms with E-state index in [1.165, 1.54) is 6.20 Å². The molecule has 1 aromatic carbocycles. The van der Waals surface area contributed by atoms with Gasteiger partial charge in [0.05, 0.1) is 11.9 Å². The maximum atomic E-state index is 12.1. The van der Waals surface area contributed by atoms with Crippen LogP contribution in [0.25, 0.3) is 11.3 Å². The Kier molecular flexibility index (Phi) is 3.66. The molecule has 0 radical (unpaired) electrons. The van der Waals surface area contributed by atoms with Crippen LogP contribution in [0.3, 0.4) is 0 Å². The van der Waals surface area contributed by atoms with Gasteiger partial charge in [-0.15, -0.1) is 0 Å². The fraction of sp³-hybridized carbons (Fsp3) is 0. The van der Waals surface area contributed by atoms with Crippen molar-refractivity contribution in [2.24, 2.45) is 0 Å². The first-order chi connectivity index (χ1) is 10.0. The zero-order valence-corrected chi connectivity index (χ0v) is 12.8. The lowest BCUT2D eigenvalue weighted by Gasteiger charge is -2.06. The Bertz CT molecular complexity index is 842. The number of hydrogen-bond donors (Lipinski definition) is 2. The number of nitrogens with zero attached hydrogens (tertiary/aromatic N) is 2. The van der Waals surface area contributed by atoms with Crippen molar-refractivity contribution in [3.63, 3.8) is 0 Å². The molecule has 0 atom stereocenters. The van der Waals surface area contributed by atoms with E-state index in [0.29, 0.717) is 5.69 Å². The second kappa shape index (κ2) is 5.47. The smallest absolute Gasteiger partial charge is 0.273 e. The van der Waals surface area contributed by atoms with Crippen LogP contribution in [-0.4, -0.2) is 23.6 Å². The molecule has 108 valence electrons. The Balaban J connectivity index is 1.82. The van der Waals surface area contributed by atoms with Crippen molar-refractivity contribution in [1.82, 2.24) is 15.2 Å². The molecule has 0 aliphatic rings. The molecule has 3 rings (SSSR count). The minimum Gasteiger partial charge on any atom is -0.279 e. The topological polar surface area (TPSA) is 87.7 Å². The highest BCUT2D eigenvalue weighted by Gasteiger charge is 2.17. The summed E-state index contributed by atoms with van der Waals surface area (Å²) in [5.41, 5.74) is 2.23. The second-order valence-corrected chi connectivity index (χ2v) is 7.61. The predicted octanol–water partition coefficient (Wildman–Crippen LogP) is 2.99. The van der Waals surface area contributed by atoms with Gasteiger partial charge in [-0.1, -0.05) is 35.1 Å². The van der Waals surface area contributed by atoms with Gasteiger partial charge in [0.25, 0.3) is 10.0 Å². The molecular weight excluding hydrogens is 332 g/mol. The number of aromatic amines is 1. The van der Waals surface area contributed by atoms with Crippen LogP contribution >= 0.6 is 22.9 Å². The molecule has 0 saturated carbocycles. The molecule has 0 amide bonds. The van der Waals surface area contributed by atoms with Crippen LogP contribution in [0.15, 0.2) is 46.9 Å². The van der Waals surface area contributed by atoms with Crippen molar-refractivity contribution in [2.45, 2.75) is 4.21 Å². The number of sulfonamides is 1. The van der Waals surface area contributed by atoms with Crippen LogP contribution in [0, 0.1) is 0 Å². The van der Waals surface area contributed by atoms with Crippen molar-refractivity contribution >= 4 is 38.6 Å². The summed E-state index contributed by atoms with van der Waals surface area (Å²) in [5, 5.41) is 6.71. The average molecular weight is 341 g/mol. The van der Waals surface area contributed by atoms with Gasteiger partial charge in [-0.3, -0.25) is 9.82 Å². The summed E-state index contributed by atoms with van der Waals surface area (Å²) in [4.78, 5) is 3.73. The van der Waals surface area contributed by atoms with E-state index in [9.17, 15) is 8.42 Å². The molecule has 0 unspecified atom stereocenters. The van der Waals surface area contributed by atoms with E-state index in [4.69, 9.17) is 11.6 Å². The SMILES string of the molecule is O=S(=O)(Nc1ccc(-c2ccn[nH]2)cc1)c1cnc(Cl)s1. The van der Waals surface area contributed by atoms with Crippen LogP contribution in [0.1, 0.15) is 0 Å². The van der Waals surface area contributed by atoms with Gasteiger partial charge >= 0.3 is 0 Å². The lowest BCUT2D eigenvalue weighted by atomic mass is 10.1. The quantitative estimate of drug-likeness (QED) is 0.764. The van der Waals surface area contributed by atoms with E-state index in [2.05, 4.69) is 19.9 Å². The monoisotopic (exact) mass is 340 g/mol. The molecule has 21 heavy (non-hydrogen) atoms. The Labute approximate surface area is 129 Å². The van der Waals surface area contributed by atoms with Crippen LogP contribution in [-0.2, 0) is 10.0 Å². The first-order valence-electron chi connectivity index (χ1n) is 5.78. The molecule has 0 aliphatic heterocycles. The first-order valence-corrected chi connectivity index (χ1v) is 8.46. The largest absolute Gasteiger partial charge is 0.279 e. The molecule has 9 heteroatoms. The molecule has 2 aromatic heterocycles. The van der Waals surface area contributed by atoms with E-state index < -0.39 is 10.0 Å². The Morgan fingerprint density at radius 3 is 2.52 bits per heavy atom. The van der Waals surface area contributed by atoms with Gasteiger partial charge in [-0.05, 0) is 23.8 Å². The number of rotatable bonds is 4. The zero-order chi connectivity index (χ0) is 14.9. The third-order valence-electron chi connectivity index (χ3n) is 2.67. The fourth-order valence-electron chi connectivity index (χ4n) is 1.70. The number of hydrogen-bond acceptors (Lipinski definition) is 5. The number of aromatic nitrogens is 3. The molecule has 0 bridgehead atoms. The van der Waals surface area contributed by atoms with Gasteiger partial charge in [0.2, 0.25) is 0 Å². The molecule has 0 saturated heterocycles. The lowest BCUT2D eigenvalue weighted by Crippen LogP contribution is -2.11. The van der Waals surface area contributed by atoms with Crippen molar-refractivity contribution in [2.75, 3.05) is 4.72 Å². The minimum atomic E-state index is -3.66. The molecule has 6 nitrogen and oxygen atoms in total. The van der Waals surface area contributed by atoms with Crippen LogP contribution in [0.4, 0.5) is 5.69 Å². The Hall–Kier alpha value is -1.90. The molecule has 0 aliphatic carbocycles. The summed E-state index contributed by atoms with van der Waals surface area (Å²) >= 11 is 6.56. The highest BCUT2D eigenvalue weighted by Crippen LogP contribution is 2.25. The summed E-state index contributed by atoms with van der Waals surface area (Å²) in [6.07, 6.45) is 2.88. The normalized spacial score (nSPS) is 11.5. The number of H-pyrrole nitrogens is 1. The zero-order valence-electron chi connectivity index (χ0n) is 10.4. The number of nitrogens with one attached hydrogen (secondary N) is 2. The molecule has 0 fully saturated rings. The second-order valence-electron chi connectivity index (χ2n) is 4.09. The van der Waals surface area contributed by atoms with Gasteiger partial charge < -0.3 is 0 Å². The van der Waals surface area contributed by atoms with Crippen molar-refractivity contribution in [1.29, 1.82) is 0 Å². The van der Waals surface area contributed by atoms with Gasteiger partial charge in [0.15, 0.2) is 8.68 Å². The molecule has 0 spiro atoms. The number of thiazole rings is 1. The van der Waals surface area contributed by atoms with E-state index in [1.54, 1.807) is 30.5 Å². The average Bonchev–Trinajstić information content (AvgIpc) is 3.10. The summed E-state index contributed by atoms with van der Waals surface area (Å²) in [6, 6.07) is 8.78.